The van der Waals surface area contributed by atoms with Gasteiger partial charge in [-0.05, 0) is 30.3 Å². The van der Waals surface area contributed by atoms with E-state index in [4.69, 9.17) is 22.7 Å². The maximum absolute atomic E-state index is 12.7. The monoisotopic (exact) mass is 414 g/mol. The SMILES string of the molecule is CCc1cccc2c(/C=C3/C(=O)N(C)C(=S)N3CC(=O)OC)cn(CC(N)=O)c12. The summed E-state index contributed by atoms with van der Waals surface area (Å²) in [6.45, 7) is 1.88. The smallest absolute Gasteiger partial charge is 0.325 e. The fourth-order valence-corrected chi connectivity index (χ4v) is 3.70. The van der Waals surface area contributed by atoms with Crippen molar-refractivity contribution < 1.29 is 19.1 Å². The summed E-state index contributed by atoms with van der Waals surface area (Å²) >= 11 is 5.31. The number of ether oxygens (including phenoxy) is 1. The van der Waals surface area contributed by atoms with Crippen LogP contribution in [0, 0.1) is 0 Å². The number of aromatic nitrogens is 1. The van der Waals surface area contributed by atoms with E-state index in [-0.39, 0.29) is 29.8 Å². The van der Waals surface area contributed by atoms with Gasteiger partial charge in [-0.3, -0.25) is 19.3 Å². The summed E-state index contributed by atoms with van der Waals surface area (Å²) in [5.74, 6) is -1.29. The number of hydrogen-bond donors (Lipinski definition) is 1. The summed E-state index contributed by atoms with van der Waals surface area (Å²) in [7, 11) is 2.83. The molecule has 29 heavy (non-hydrogen) atoms. The van der Waals surface area contributed by atoms with Gasteiger partial charge in [-0.15, -0.1) is 0 Å². The lowest BCUT2D eigenvalue weighted by atomic mass is 10.1. The van der Waals surface area contributed by atoms with Crippen molar-refractivity contribution in [2.75, 3.05) is 20.7 Å². The Labute approximate surface area is 173 Å². The number of nitrogens with zero attached hydrogens (tertiary/aromatic N) is 3. The molecule has 152 valence electrons. The van der Waals surface area contributed by atoms with Crippen LogP contribution >= 0.6 is 12.2 Å². The van der Waals surface area contributed by atoms with Gasteiger partial charge in [-0.25, -0.2) is 0 Å². The second-order valence-electron chi connectivity index (χ2n) is 6.68. The van der Waals surface area contributed by atoms with Gasteiger partial charge in [-0.1, -0.05) is 25.1 Å². The molecule has 1 aliphatic heterocycles. The van der Waals surface area contributed by atoms with Crippen molar-refractivity contribution in [2.24, 2.45) is 5.73 Å². The fourth-order valence-electron chi connectivity index (χ4n) is 3.45. The zero-order valence-electron chi connectivity index (χ0n) is 16.5. The molecular weight excluding hydrogens is 392 g/mol. The fraction of sp³-hybridized carbons (Fsp3) is 0.300. The zero-order valence-corrected chi connectivity index (χ0v) is 17.3. The highest BCUT2D eigenvalue weighted by Crippen LogP contribution is 2.30. The molecule has 2 aromatic rings. The van der Waals surface area contributed by atoms with E-state index in [1.807, 2.05) is 25.1 Å². The molecule has 3 rings (SSSR count). The van der Waals surface area contributed by atoms with E-state index >= 15 is 0 Å². The van der Waals surface area contributed by atoms with Crippen LogP contribution in [0.5, 0.6) is 0 Å². The number of esters is 1. The van der Waals surface area contributed by atoms with Crippen molar-refractivity contribution in [3.8, 4) is 0 Å². The van der Waals surface area contributed by atoms with Crippen LogP contribution < -0.4 is 5.73 Å². The van der Waals surface area contributed by atoms with Crippen molar-refractivity contribution >= 4 is 52.1 Å². The molecule has 0 bridgehead atoms. The number of likely N-dealkylation sites (N-methyl/N-ethyl adjacent to an activating group) is 1. The number of thiocarbonyl (C=S) groups is 1. The molecule has 0 atom stereocenters. The number of rotatable bonds is 6. The normalized spacial score (nSPS) is 15.6. The Morgan fingerprint density at radius 1 is 1.28 bits per heavy atom. The van der Waals surface area contributed by atoms with Gasteiger partial charge in [0.25, 0.3) is 5.91 Å². The van der Waals surface area contributed by atoms with Crippen LogP contribution in [-0.2, 0) is 32.1 Å². The number of carbonyl (C=O) groups is 3. The Balaban J connectivity index is 2.17. The van der Waals surface area contributed by atoms with Crippen LogP contribution in [0.15, 0.2) is 30.1 Å². The minimum Gasteiger partial charge on any atom is -0.468 e. The van der Waals surface area contributed by atoms with Gasteiger partial charge in [0.1, 0.15) is 18.8 Å². The maximum atomic E-state index is 12.7. The number of amides is 2. The Hall–Kier alpha value is -3.20. The van der Waals surface area contributed by atoms with Crippen molar-refractivity contribution in [2.45, 2.75) is 19.9 Å². The first-order valence-corrected chi connectivity index (χ1v) is 9.46. The van der Waals surface area contributed by atoms with Gasteiger partial charge in [0.2, 0.25) is 5.91 Å². The number of hydrogen-bond acceptors (Lipinski definition) is 5. The lowest BCUT2D eigenvalue weighted by Crippen LogP contribution is -2.33. The molecule has 0 saturated carbocycles. The standard InChI is InChI=1S/C20H22N4O4S/c1-4-12-6-5-7-14-13(9-23(18(12)14)10-16(21)25)8-15-19(27)22(2)20(29)24(15)11-17(26)28-3/h5-9H,4,10-11H2,1-3H3,(H2,21,25)/b15-8-. The summed E-state index contributed by atoms with van der Waals surface area (Å²) in [5, 5.41) is 1.10. The quantitative estimate of drug-likeness (QED) is 0.434. The number of fused-ring (bicyclic) bond motifs is 1. The topological polar surface area (TPSA) is 97.9 Å². The molecule has 0 radical (unpaired) electrons. The largest absolute Gasteiger partial charge is 0.468 e. The van der Waals surface area contributed by atoms with Crippen LogP contribution in [0.4, 0.5) is 0 Å². The average Bonchev–Trinajstić information content (AvgIpc) is 3.13. The molecule has 1 aliphatic rings. The van der Waals surface area contributed by atoms with Crippen molar-refractivity contribution in [1.82, 2.24) is 14.4 Å². The van der Waals surface area contributed by atoms with Crippen LogP contribution in [0.2, 0.25) is 0 Å². The molecule has 1 aromatic carbocycles. The Bertz CT molecular complexity index is 1060. The van der Waals surface area contributed by atoms with Crippen LogP contribution in [-0.4, -0.2) is 58.0 Å². The van der Waals surface area contributed by atoms with Gasteiger partial charge in [0.15, 0.2) is 5.11 Å². The van der Waals surface area contributed by atoms with E-state index in [2.05, 4.69) is 0 Å². The van der Waals surface area contributed by atoms with Crippen molar-refractivity contribution in [1.29, 1.82) is 0 Å². The summed E-state index contributed by atoms with van der Waals surface area (Å²) in [6.07, 6.45) is 4.24. The van der Waals surface area contributed by atoms with Crippen molar-refractivity contribution in [3.05, 3.63) is 41.2 Å². The lowest BCUT2D eigenvalue weighted by molar-refractivity contribution is -0.140. The number of methoxy groups -OCH3 is 1. The summed E-state index contributed by atoms with van der Waals surface area (Å²) in [6, 6.07) is 5.84. The van der Waals surface area contributed by atoms with E-state index < -0.39 is 11.9 Å². The third kappa shape index (κ3) is 3.73. The molecule has 0 spiro atoms. The molecule has 2 amide bonds. The molecule has 0 aliphatic carbocycles. The van der Waals surface area contributed by atoms with Crippen molar-refractivity contribution in [3.63, 3.8) is 0 Å². The first-order chi connectivity index (χ1) is 13.8. The number of aryl methyl sites for hydroxylation is 1. The van der Waals surface area contributed by atoms with Gasteiger partial charge in [0.05, 0.1) is 12.6 Å². The van der Waals surface area contributed by atoms with E-state index in [1.54, 1.807) is 23.9 Å². The second kappa shape index (κ2) is 8.04. The molecule has 1 aromatic heterocycles. The van der Waals surface area contributed by atoms with E-state index in [0.717, 1.165) is 28.5 Å². The third-order valence-corrected chi connectivity index (χ3v) is 5.35. The van der Waals surface area contributed by atoms with E-state index in [9.17, 15) is 14.4 Å². The molecule has 1 fully saturated rings. The van der Waals surface area contributed by atoms with Gasteiger partial charge in [0, 0.05) is 24.2 Å². The predicted molar refractivity (Wildman–Crippen MR) is 113 cm³/mol. The highest BCUT2D eigenvalue weighted by atomic mass is 32.1. The van der Waals surface area contributed by atoms with Gasteiger partial charge >= 0.3 is 5.97 Å². The molecular formula is C20H22N4O4S. The number of nitrogens with two attached hydrogens (primary N) is 1. The van der Waals surface area contributed by atoms with Crippen LogP contribution in [0.25, 0.3) is 17.0 Å². The molecule has 8 nitrogen and oxygen atoms in total. The van der Waals surface area contributed by atoms with E-state index in [1.165, 1.54) is 16.9 Å². The third-order valence-electron chi connectivity index (χ3n) is 4.86. The molecule has 2 heterocycles. The highest BCUT2D eigenvalue weighted by molar-refractivity contribution is 7.80. The summed E-state index contributed by atoms with van der Waals surface area (Å²) in [5.41, 5.74) is 8.36. The first kappa shape index (κ1) is 20.5. The molecule has 1 saturated heterocycles. The minimum atomic E-state index is -0.509. The average molecular weight is 414 g/mol. The summed E-state index contributed by atoms with van der Waals surface area (Å²) in [4.78, 5) is 38.9. The number of primary amides is 1. The molecule has 9 heteroatoms. The number of benzene rings is 1. The Morgan fingerprint density at radius 2 is 2.00 bits per heavy atom. The van der Waals surface area contributed by atoms with Gasteiger partial charge < -0.3 is 19.9 Å². The molecule has 0 unspecified atom stereocenters. The highest BCUT2D eigenvalue weighted by Gasteiger charge is 2.37. The zero-order chi connectivity index (χ0) is 21.3. The van der Waals surface area contributed by atoms with Gasteiger partial charge in [-0.2, -0.15) is 0 Å². The minimum absolute atomic E-state index is 0.0226. The number of para-hydroxylation sites is 1. The lowest BCUT2D eigenvalue weighted by Gasteiger charge is -2.16. The maximum Gasteiger partial charge on any atom is 0.325 e. The Kier molecular flexibility index (Phi) is 5.69. The Morgan fingerprint density at radius 3 is 2.62 bits per heavy atom. The predicted octanol–water partition coefficient (Wildman–Crippen LogP) is 1.26. The van der Waals surface area contributed by atoms with Crippen LogP contribution in [0.3, 0.4) is 0 Å². The van der Waals surface area contributed by atoms with E-state index in [0.29, 0.717) is 0 Å². The first-order valence-electron chi connectivity index (χ1n) is 9.05. The van der Waals surface area contributed by atoms with Crippen LogP contribution in [0.1, 0.15) is 18.1 Å². The second-order valence-corrected chi connectivity index (χ2v) is 7.05. The number of carbonyl (C=O) groups excluding carboxylic acids is 3. The summed E-state index contributed by atoms with van der Waals surface area (Å²) < 4.78 is 6.51. The molecule has 2 N–H and O–H groups in total.